The van der Waals surface area contributed by atoms with Gasteiger partial charge >= 0.3 is 12.2 Å². The molecule has 0 unspecified atom stereocenters. The topological polar surface area (TPSA) is 58.9 Å². The predicted octanol–water partition coefficient (Wildman–Crippen LogP) is 6.30. The van der Waals surface area contributed by atoms with Gasteiger partial charge in [-0.25, -0.2) is 0 Å². The van der Waals surface area contributed by atoms with Crippen molar-refractivity contribution >= 4 is 0 Å². The molecule has 0 aliphatic heterocycles. The molecule has 0 bridgehead atoms. The molecule has 2 N–H and O–H groups in total. The largest absolute Gasteiger partial charge is 0.429 e. The van der Waals surface area contributed by atoms with Gasteiger partial charge in [0, 0.05) is 25.2 Å². The summed E-state index contributed by atoms with van der Waals surface area (Å²) in [4.78, 5) is 0. The minimum atomic E-state index is -3.67. The molecule has 0 saturated carbocycles. The molecule has 0 heterocycles. The predicted molar refractivity (Wildman–Crippen MR) is 132 cm³/mol. The van der Waals surface area contributed by atoms with Crippen LogP contribution in [0, 0.1) is 18.8 Å². The summed E-state index contributed by atoms with van der Waals surface area (Å²) in [5.74, 6) is 5.30. The molecule has 3 aromatic carbocycles. The number of hydrogen-bond donors (Lipinski definition) is 2. The third kappa shape index (κ3) is 7.97. The lowest BCUT2D eigenvalue weighted by Gasteiger charge is -2.22. The second-order valence-electron chi connectivity index (χ2n) is 8.40. The van der Waals surface area contributed by atoms with Gasteiger partial charge in [-0.15, -0.1) is 0 Å². The van der Waals surface area contributed by atoms with Gasteiger partial charge in [-0.3, -0.25) is 0 Å². The minimum Gasteiger partial charge on any atom is -0.429 e. The maximum Gasteiger partial charge on any atom is 0.426 e. The maximum atomic E-state index is 14.7. The van der Waals surface area contributed by atoms with Crippen LogP contribution in [0.3, 0.4) is 0 Å². The van der Waals surface area contributed by atoms with Gasteiger partial charge in [0.25, 0.3) is 0 Å². The summed E-state index contributed by atoms with van der Waals surface area (Å²) in [5.41, 5.74) is 0.817. The quantitative estimate of drug-likeness (QED) is 0.178. The van der Waals surface area contributed by atoms with Gasteiger partial charge < -0.3 is 19.7 Å². The van der Waals surface area contributed by atoms with Crippen LogP contribution in [-0.4, -0.2) is 23.4 Å². The fourth-order valence-electron chi connectivity index (χ4n) is 3.43. The van der Waals surface area contributed by atoms with E-state index in [1.54, 1.807) is 12.1 Å². The molecular formula is C29H28F4O4. The first kappa shape index (κ1) is 28.0. The summed E-state index contributed by atoms with van der Waals surface area (Å²) < 4.78 is 68.7. The van der Waals surface area contributed by atoms with Crippen LogP contribution in [0.25, 0.3) is 0 Å². The molecule has 3 aromatic rings. The Morgan fingerprint density at radius 3 is 1.95 bits per heavy atom. The molecule has 3 rings (SSSR count). The molecule has 0 aromatic heterocycles. The zero-order valence-electron chi connectivity index (χ0n) is 20.3. The lowest BCUT2D eigenvalue weighted by atomic mass is 10.1. The Bertz CT molecular complexity index is 1210. The average Bonchev–Trinajstić information content (AvgIpc) is 2.87. The minimum absolute atomic E-state index is 0.0140. The molecule has 196 valence electrons. The van der Waals surface area contributed by atoms with Crippen molar-refractivity contribution < 1.29 is 37.2 Å². The lowest BCUT2D eigenvalue weighted by molar-refractivity contribution is -0.188. The van der Waals surface area contributed by atoms with E-state index in [-0.39, 0.29) is 41.4 Å². The standard InChI is InChI=1S/C29H28F4O4/c1-21-20-26(36-28(30,31)24-12-8-22(9-13-24)6-3-2-4-18-34)16-17-27(21)37-29(32,33)25-14-10-23(11-15-25)7-5-19-35/h8-17,20,34-35H,2,4-5,7,18-19H2,1H3. The summed E-state index contributed by atoms with van der Waals surface area (Å²) >= 11 is 0. The maximum absolute atomic E-state index is 14.7. The highest BCUT2D eigenvalue weighted by atomic mass is 19.3. The van der Waals surface area contributed by atoms with Crippen molar-refractivity contribution in [3.63, 3.8) is 0 Å². The molecule has 0 spiro atoms. The second-order valence-corrected chi connectivity index (χ2v) is 8.40. The highest BCUT2D eigenvalue weighted by Gasteiger charge is 2.36. The fourth-order valence-corrected chi connectivity index (χ4v) is 3.43. The fraction of sp³-hybridized carbons (Fsp3) is 0.310. The zero-order valence-corrected chi connectivity index (χ0v) is 20.3. The molecule has 0 radical (unpaired) electrons. The van der Waals surface area contributed by atoms with Gasteiger partial charge in [0.05, 0.1) is 11.1 Å². The van der Waals surface area contributed by atoms with E-state index < -0.39 is 12.2 Å². The van der Waals surface area contributed by atoms with E-state index in [0.29, 0.717) is 31.2 Å². The summed E-state index contributed by atoms with van der Waals surface area (Å²) in [6, 6.07) is 14.4. The first-order valence-electron chi connectivity index (χ1n) is 11.8. The van der Waals surface area contributed by atoms with Crippen molar-refractivity contribution in [2.24, 2.45) is 0 Å². The number of aliphatic hydroxyl groups is 2. The van der Waals surface area contributed by atoms with Crippen LogP contribution in [0.5, 0.6) is 11.5 Å². The lowest BCUT2D eigenvalue weighted by Crippen LogP contribution is -2.23. The summed E-state index contributed by atoms with van der Waals surface area (Å²) in [7, 11) is 0. The van der Waals surface area contributed by atoms with Gasteiger partial charge in [0.2, 0.25) is 0 Å². The molecule has 37 heavy (non-hydrogen) atoms. The molecule has 0 atom stereocenters. The Balaban J connectivity index is 1.67. The average molecular weight is 517 g/mol. The van der Waals surface area contributed by atoms with E-state index in [0.717, 1.165) is 17.7 Å². The number of ether oxygens (including phenoxy) is 2. The monoisotopic (exact) mass is 516 g/mol. The van der Waals surface area contributed by atoms with Crippen molar-refractivity contribution in [1.29, 1.82) is 0 Å². The molecule has 0 fully saturated rings. The molecule has 4 nitrogen and oxygen atoms in total. The molecular weight excluding hydrogens is 488 g/mol. The van der Waals surface area contributed by atoms with Crippen LogP contribution in [0.1, 0.15) is 47.1 Å². The molecule has 0 aliphatic carbocycles. The van der Waals surface area contributed by atoms with Crippen molar-refractivity contribution in [1.82, 2.24) is 0 Å². The van der Waals surface area contributed by atoms with Crippen molar-refractivity contribution in [3.05, 3.63) is 94.5 Å². The van der Waals surface area contributed by atoms with E-state index in [2.05, 4.69) is 11.8 Å². The first-order chi connectivity index (χ1) is 17.6. The SMILES string of the molecule is Cc1cc(OC(F)(F)c2ccc(C#CCCCO)cc2)ccc1OC(F)(F)c1ccc(CCCO)cc1. The zero-order chi connectivity index (χ0) is 26.9. The molecule has 8 heteroatoms. The van der Waals surface area contributed by atoms with E-state index in [9.17, 15) is 17.6 Å². The number of halogens is 4. The van der Waals surface area contributed by atoms with E-state index in [4.69, 9.17) is 19.7 Å². The number of aliphatic hydroxyl groups excluding tert-OH is 2. The Kier molecular flexibility index (Phi) is 9.56. The molecule has 0 amide bonds. The van der Waals surface area contributed by atoms with Gasteiger partial charge in [0.15, 0.2) is 0 Å². The van der Waals surface area contributed by atoms with Crippen LogP contribution in [0.4, 0.5) is 17.6 Å². The van der Waals surface area contributed by atoms with Crippen LogP contribution >= 0.6 is 0 Å². The van der Waals surface area contributed by atoms with Crippen LogP contribution in [0.15, 0.2) is 66.7 Å². The molecule has 0 saturated heterocycles. The summed E-state index contributed by atoms with van der Waals surface area (Å²) in [6.07, 6.45) is -5.17. The van der Waals surface area contributed by atoms with Crippen LogP contribution < -0.4 is 9.47 Å². The highest BCUT2D eigenvalue weighted by Crippen LogP contribution is 2.37. The number of unbranched alkanes of at least 4 members (excludes halogenated alkanes) is 1. The first-order valence-corrected chi connectivity index (χ1v) is 11.8. The van der Waals surface area contributed by atoms with Crippen molar-refractivity contribution in [2.75, 3.05) is 13.2 Å². The van der Waals surface area contributed by atoms with E-state index in [1.165, 1.54) is 49.4 Å². The second kappa shape index (κ2) is 12.6. The molecule has 0 aliphatic rings. The third-order valence-electron chi connectivity index (χ3n) is 5.46. The van der Waals surface area contributed by atoms with Gasteiger partial charge in [-0.05, 0) is 91.9 Å². The number of aryl methyl sites for hydroxylation is 2. The van der Waals surface area contributed by atoms with Gasteiger partial charge in [0.1, 0.15) is 11.5 Å². The number of hydrogen-bond acceptors (Lipinski definition) is 4. The van der Waals surface area contributed by atoms with Crippen LogP contribution in [0.2, 0.25) is 0 Å². The Labute approximate surface area is 213 Å². The van der Waals surface area contributed by atoms with Crippen molar-refractivity contribution in [3.8, 4) is 23.3 Å². The van der Waals surface area contributed by atoms with E-state index in [1.807, 2.05) is 0 Å². The number of rotatable bonds is 11. The normalized spacial score (nSPS) is 11.5. The highest BCUT2D eigenvalue weighted by molar-refractivity contribution is 5.41. The van der Waals surface area contributed by atoms with Crippen molar-refractivity contribution in [2.45, 2.75) is 44.8 Å². The number of benzene rings is 3. The van der Waals surface area contributed by atoms with Gasteiger partial charge in [-0.2, -0.15) is 17.6 Å². The van der Waals surface area contributed by atoms with Crippen LogP contribution in [-0.2, 0) is 18.6 Å². The third-order valence-corrected chi connectivity index (χ3v) is 5.46. The Morgan fingerprint density at radius 2 is 1.35 bits per heavy atom. The summed E-state index contributed by atoms with van der Waals surface area (Å²) in [6.45, 7) is 1.51. The Morgan fingerprint density at radius 1 is 0.757 bits per heavy atom. The Hall–Kier alpha value is -3.54. The smallest absolute Gasteiger partial charge is 0.426 e. The van der Waals surface area contributed by atoms with E-state index >= 15 is 0 Å². The van der Waals surface area contributed by atoms with Gasteiger partial charge in [-0.1, -0.05) is 24.0 Å². The number of alkyl halides is 4. The summed E-state index contributed by atoms with van der Waals surface area (Å²) in [5, 5.41) is 17.6.